The number of hydrogen-bond donors (Lipinski definition) is 2. The summed E-state index contributed by atoms with van der Waals surface area (Å²) in [7, 11) is 0. The van der Waals surface area contributed by atoms with Crippen molar-refractivity contribution in [1.82, 2.24) is 10.6 Å². The van der Waals surface area contributed by atoms with E-state index in [1.165, 1.54) is 0 Å². The van der Waals surface area contributed by atoms with E-state index in [4.69, 9.17) is 4.74 Å². The smallest absolute Gasteiger partial charge is 0.221 e. The van der Waals surface area contributed by atoms with Crippen LogP contribution in [0, 0.1) is 0 Å². The molecule has 0 aliphatic heterocycles. The van der Waals surface area contributed by atoms with E-state index in [1.807, 2.05) is 6.92 Å². The Hall–Kier alpha value is -0.610. The highest BCUT2D eigenvalue weighted by Gasteiger charge is 2.22. The van der Waals surface area contributed by atoms with Crippen LogP contribution in [0.5, 0.6) is 0 Å². The molecule has 4 heteroatoms. The van der Waals surface area contributed by atoms with Crippen LogP contribution >= 0.6 is 0 Å². The second-order valence-electron chi connectivity index (χ2n) is 4.11. The van der Waals surface area contributed by atoms with Crippen molar-refractivity contribution < 1.29 is 9.53 Å². The topological polar surface area (TPSA) is 50.4 Å². The molecule has 1 aliphatic carbocycles. The molecule has 2 N–H and O–H groups in total. The molecule has 4 nitrogen and oxygen atoms in total. The van der Waals surface area contributed by atoms with Crippen molar-refractivity contribution in [2.75, 3.05) is 19.8 Å². The van der Waals surface area contributed by atoms with Gasteiger partial charge in [-0.25, -0.2) is 0 Å². The van der Waals surface area contributed by atoms with Crippen LogP contribution in [0.1, 0.15) is 33.1 Å². The summed E-state index contributed by atoms with van der Waals surface area (Å²) in [5, 5.41) is 6.22. The highest BCUT2D eigenvalue weighted by atomic mass is 16.5. The fraction of sp³-hybridized carbons (Fsp3) is 0.909. The molecule has 1 rings (SSSR count). The van der Waals surface area contributed by atoms with Gasteiger partial charge in [-0.1, -0.05) is 0 Å². The van der Waals surface area contributed by atoms with Gasteiger partial charge in [0.2, 0.25) is 5.91 Å². The predicted octanol–water partition coefficient (Wildman–Crippen LogP) is 0.670. The first kappa shape index (κ1) is 12.5. The molecule has 1 saturated carbocycles. The van der Waals surface area contributed by atoms with Crippen LogP contribution in [-0.4, -0.2) is 37.7 Å². The first-order chi connectivity index (χ1) is 7.22. The molecule has 0 aromatic heterocycles. The maximum absolute atomic E-state index is 11.3. The summed E-state index contributed by atoms with van der Waals surface area (Å²) >= 11 is 0. The zero-order valence-electron chi connectivity index (χ0n) is 9.71. The lowest BCUT2D eigenvalue weighted by Crippen LogP contribution is -2.35. The quantitative estimate of drug-likeness (QED) is 0.624. The third kappa shape index (κ3) is 6.47. The molecule has 0 aromatic rings. The minimum Gasteiger partial charge on any atom is -0.380 e. The Labute approximate surface area is 91.8 Å². The summed E-state index contributed by atoms with van der Waals surface area (Å²) in [5.41, 5.74) is 0. The van der Waals surface area contributed by atoms with Crippen molar-refractivity contribution >= 4 is 5.91 Å². The summed E-state index contributed by atoms with van der Waals surface area (Å²) in [4.78, 5) is 11.3. The zero-order chi connectivity index (χ0) is 11.1. The van der Waals surface area contributed by atoms with E-state index in [1.54, 1.807) is 0 Å². The third-order valence-corrected chi connectivity index (χ3v) is 2.36. The molecule has 0 heterocycles. The Bertz CT molecular complexity index is 193. The molecule has 0 bridgehead atoms. The molecule has 1 atom stereocenters. The fourth-order valence-electron chi connectivity index (χ4n) is 1.31. The van der Waals surface area contributed by atoms with Gasteiger partial charge in [-0.3, -0.25) is 4.79 Å². The zero-order valence-corrected chi connectivity index (χ0v) is 9.71. The molecule has 1 unspecified atom stereocenters. The van der Waals surface area contributed by atoms with Crippen LogP contribution < -0.4 is 10.6 Å². The Balaban J connectivity index is 1.92. The Morgan fingerprint density at radius 1 is 1.53 bits per heavy atom. The Kier molecular flexibility index (Phi) is 5.65. The second kappa shape index (κ2) is 6.80. The van der Waals surface area contributed by atoms with Crippen LogP contribution in [-0.2, 0) is 9.53 Å². The minimum absolute atomic E-state index is 0.161. The summed E-state index contributed by atoms with van der Waals surface area (Å²) in [5.74, 6) is 0.161. The number of carbonyl (C=O) groups is 1. The molecular weight excluding hydrogens is 192 g/mol. The molecule has 1 fully saturated rings. The second-order valence-corrected chi connectivity index (χ2v) is 4.11. The highest BCUT2D eigenvalue weighted by molar-refractivity contribution is 5.76. The monoisotopic (exact) mass is 214 g/mol. The van der Waals surface area contributed by atoms with Crippen molar-refractivity contribution in [3.63, 3.8) is 0 Å². The van der Waals surface area contributed by atoms with E-state index >= 15 is 0 Å². The Morgan fingerprint density at radius 3 is 2.87 bits per heavy atom. The van der Waals surface area contributed by atoms with E-state index in [0.29, 0.717) is 25.1 Å². The normalized spacial score (nSPS) is 17.5. The number of amides is 1. The van der Waals surface area contributed by atoms with Gasteiger partial charge < -0.3 is 15.4 Å². The number of ether oxygens (including phenoxy) is 1. The van der Waals surface area contributed by atoms with Crippen molar-refractivity contribution in [3.8, 4) is 0 Å². The Morgan fingerprint density at radius 2 is 2.27 bits per heavy atom. The van der Waals surface area contributed by atoms with E-state index < -0.39 is 0 Å². The lowest BCUT2D eigenvalue weighted by Gasteiger charge is -2.13. The minimum atomic E-state index is 0.161. The molecular formula is C11H22N2O2. The van der Waals surface area contributed by atoms with Crippen LogP contribution in [0.2, 0.25) is 0 Å². The maximum Gasteiger partial charge on any atom is 0.221 e. The van der Waals surface area contributed by atoms with Crippen LogP contribution in [0.25, 0.3) is 0 Å². The van der Waals surface area contributed by atoms with E-state index in [-0.39, 0.29) is 5.91 Å². The van der Waals surface area contributed by atoms with Gasteiger partial charge in [0.15, 0.2) is 0 Å². The first-order valence-corrected chi connectivity index (χ1v) is 5.83. The van der Waals surface area contributed by atoms with Gasteiger partial charge in [0, 0.05) is 31.7 Å². The van der Waals surface area contributed by atoms with E-state index in [0.717, 1.165) is 26.0 Å². The van der Waals surface area contributed by atoms with Crippen LogP contribution in [0.4, 0.5) is 0 Å². The van der Waals surface area contributed by atoms with Gasteiger partial charge in [0.05, 0.1) is 6.61 Å². The number of rotatable bonds is 8. The lowest BCUT2D eigenvalue weighted by molar-refractivity contribution is -0.121. The molecule has 88 valence electrons. The van der Waals surface area contributed by atoms with Crippen molar-refractivity contribution in [1.29, 1.82) is 0 Å². The summed E-state index contributed by atoms with van der Waals surface area (Å²) in [6.45, 7) is 6.23. The SMILES string of the molecule is CCOCC(C)NCCC(=O)NC1CC1. The largest absolute Gasteiger partial charge is 0.380 e. The number of carbonyl (C=O) groups excluding carboxylic acids is 1. The van der Waals surface area contributed by atoms with Crippen LogP contribution in [0.3, 0.4) is 0 Å². The molecule has 0 saturated heterocycles. The molecule has 15 heavy (non-hydrogen) atoms. The fourth-order valence-corrected chi connectivity index (χ4v) is 1.31. The van der Waals surface area contributed by atoms with Crippen molar-refractivity contribution in [2.24, 2.45) is 0 Å². The highest BCUT2D eigenvalue weighted by Crippen LogP contribution is 2.18. The first-order valence-electron chi connectivity index (χ1n) is 5.83. The number of hydrogen-bond acceptors (Lipinski definition) is 3. The van der Waals surface area contributed by atoms with Gasteiger partial charge in [-0.05, 0) is 26.7 Å². The van der Waals surface area contributed by atoms with E-state index in [2.05, 4.69) is 17.6 Å². The summed E-state index contributed by atoms with van der Waals surface area (Å²) < 4.78 is 5.26. The molecule has 0 spiro atoms. The molecule has 0 aromatic carbocycles. The predicted molar refractivity (Wildman–Crippen MR) is 59.7 cm³/mol. The van der Waals surface area contributed by atoms with Crippen LogP contribution in [0.15, 0.2) is 0 Å². The average molecular weight is 214 g/mol. The molecule has 1 aliphatic rings. The lowest BCUT2D eigenvalue weighted by atomic mass is 10.3. The molecule has 1 amide bonds. The standard InChI is InChI=1S/C11H22N2O2/c1-3-15-8-9(2)12-7-6-11(14)13-10-4-5-10/h9-10,12H,3-8H2,1-2H3,(H,13,14). The summed E-state index contributed by atoms with van der Waals surface area (Å²) in [6.07, 6.45) is 2.87. The van der Waals surface area contributed by atoms with E-state index in [9.17, 15) is 4.79 Å². The van der Waals surface area contributed by atoms with Crippen molar-refractivity contribution in [3.05, 3.63) is 0 Å². The van der Waals surface area contributed by atoms with Gasteiger partial charge in [0.1, 0.15) is 0 Å². The molecule has 0 radical (unpaired) electrons. The van der Waals surface area contributed by atoms with Gasteiger partial charge in [-0.15, -0.1) is 0 Å². The third-order valence-electron chi connectivity index (χ3n) is 2.36. The number of nitrogens with one attached hydrogen (secondary N) is 2. The van der Waals surface area contributed by atoms with Gasteiger partial charge >= 0.3 is 0 Å². The van der Waals surface area contributed by atoms with Crippen molar-refractivity contribution in [2.45, 2.75) is 45.2 Å². The average Bonchev–Trinajstić information content (AvgIpc) is 2.98. The maximum atomic E-state index is 11.3. The summed E-state index contributed by atoms with van der Waals surface area (Å²) in [6, 6.07) is 0.789. The van der Waals surface area contributed by atoms with Gasteiger partial charge in [0.25, 0.3) is 0 Å². The van der Waals surface area contributed by atoms with Gasteiger partial charge in [-0.2, -0.15) is 0 Å².